The number of piperidine rings is 3. The van der Waals surface area contributed by atoms with Crippen LogP contribution >= 0.6 is 0 Å². The molecule has 0 unspecified atom stereocenters. The van der Waals surface area contributed by atoms with Crippen LogP contribution in [0.5, 0.6) is 0 Å². The maximum absolute atomic E-state index is 13.4. The van der Waals surface area contributed by atoms with Crippen LogP contribution in [0.3, 0.4) is 0 Å². The molecule has 5 heteroatoms. The normalized spacial score (nSPS) is 29.1. The molecule has 2 aromatic rings. The van der Waals surface area contributed by atoms with Crippen molar-refractivity contribution in [3.8, 4) is 0 Å². The molecule has 0 radical (unpaired) electrons. The number of nitrogens with zero attached hydrogens (tertiary/aromatic N) is 3. The smallest absolute Gasteiger partial charge is 0.275 e. The summed E-state index contributed by atoms with van der Waals surface area (Å²) in [6, 6.07) is 8.31. The van der Waals surface area contributed by atoms with Gasteiger partial charge in [-0.05, 0) is 56.7 Å². The molecule has 3 aliphatic heterocycles. The minimum absolute atomic E-state index is 0.123. The maximum Gasteiger partial charge on any atom is 0.275 e. The molecule has 2 bridgehead atoms. The highest BCUT2D eigenvalue weighted by molar-refractivity contribution is 6.04. The van der Waals surface area contributed by atoms with Crippen molar-refractivity contribution in [2.24, 2.45) is 11.8 Å². The Morgan fingerprint density at radius 3 is 2.71 bits per heavy atom. The number of carbonyl (C=O) groups is 1. The molecule has 3 saturated heterocycles. The van der Waals surface area contributed by atoms with Crippen molar-refractivity contribution in [2.75, 3.05) is 26.2 Å². The Hall–Kier alpha value is -1.88. The number of amides is 1. The number of H-pyrrole nitrogens is 1. The number of hydrogen-bond donors (Lipinski definition) is 1. The van der Waals surface area contributed by atoms with Gasteiger partial charge in [-0.1, -0.05) is 18.2 Å². The third kappa shape index (κ3) is 2.42. The lowest BCUT2D eigenvalue weighted by Gasteiger charge is -2.49. The summed E-state index contributed by atoms with van der Waals surface area (Å²) in [4.78, 5) is 18.1. The molecule has 1 N–H and O–H groups in total. The fraction of sp³-hybridized carbons (Fsp3) is 0.579. The van der Waals surface area contributed by atoms with E-state index in [2.05, 4.69) is 20.0 Å². The first kappa shape index (κ1) is 14.5. The highest BCUT2D eigenvalue weighted by Gasteiger charge is 2.41. The average Bonchev–Trinajstić information content (AvgIpc) is 3.36. The minimum Gasteiger partial charge on any atom is -0.332 e. The number of hydrogen-bond acceptors (Lipinski definition) is 3. The van der Waals surface area contributed by atoms with Crippen LogP contribution in [0.25, 0.3) is 10.9 Å². The monoisotopic (exact) mass is 324 g/mol. The summed E-state index contributed by atoms with van der Waals surface area (Å²) in [5.41, 5.74) is 1.55. The zero-order chi connectivity index (χ0) is 16.1. The fourth-order valence-corrected chi connectivity index (χ4v) is 4.50. The number of aromatic nitrogens is 2. The fourth-order valence-electron chi connectivity index (χ4n) is 4.50. The molecule has 1 aromatic heterocycles. The Bertz CT molecular complexity index is 758. The van der Waals surface area contributed by atoms with Gasteiger partial charge in [0, 0.05) is 24.5 Å². The average molecular weight is 324 g/mol. The van der Waals surface area contributed by atoms with Gasteiger partial charge in [-0.15, -0.1) is 0 Å². The Kier molecular flexibility index (Phi) is 3.37. The minimum atomic E-state index is 0.123. The van der Waals surface area contributed by atoms with Gasteiger partial charge in [0.15, 0.2) is 5.69 Å². The van der Waals surface area contributed by atoms with Crippen LogP contribution in [0.4, 0.5) is 0 Å². The first-order valence-electron chi connectivity index (χ1n) is 9.26. The molecular formula is C19H24N4O. The van der Waals surface area contributed by atoms with Crippen molar-refractivity contribution in [3.63, 3.8) is 0 Å². The quantitative estimate of drug-likeness (QED) is 0.940. The second-order valence-corrected chi connectivity index (χ2v) is 7.72. The van der Waals surface area contributed by atoms with E-state index in [0.717, 1.165) is 24.0 Å². The lowest BCUT2D eigenvalue weighted by atomic mass is 9.83. The molecule has 1 aliphatic carbocycles. The summed E-state index contributed by atoms with van der Waals surface area (Å²) < 4.78 is 0. The van der Waals surface area contributed by atoms with Gasteiger partial charge in [0.05, 0.1) is 5.52 Å². The van der Waals surface area contributed by atoms with Crippen LogP contribution in [0, 0.1) is 11.8 Å². The van der Waals surface area contributed by atoms with Crippen LogP contribution in [-0.2, 0) is 0 Å². The molecule has 1 atom stereocenters. The highest BCUT2D eigenvalue weighted by Crippen LogP contribution is 2.36. The van der Waals surface area contributed by atoms with Gasteiger partial charge >= 0.3 is 0 Å². The zero-order valence-corrected chi connectivity index (χ0v) is 13.9. The molecular weight excluding hydrogens is 300 g/mol. The van der Waals surface area contributed by atoms with E-state index >= 15 is 0 Å². The number of nitrogens with one attached hydrogen (secondary N) is 1. The van der Waals surface area contributed by atoms with Crippen LogP contribution < -0.4 is 0 Å². The number of benzene rings is 1. The van der Waals surface area contributed by atoms with Gasteiger partial charge in [0.25, 0.3) is 5.91 Å². The van der Waals surface area contributed by atoms with E-state index in [1.165, 1.54) is 38.8 Å². The summed E-state index contributed by atoms with van der Waals surface area (Å²) in [5, 5.41) is 8.34. The van der Waals surface area contributed by atoms with Gasteiger partial charge in [-0.2, -0.15) is 5.10 Å². The second kappa shape index (κ2) is 5.59. The van der Waals surface area contributed by atoms with Crippen molar-refractivity contribution >= 4 is 16.8 Å². The van der Waals surface area contributed by atoms with Crippen molar-refractivity contribution in [2.45, 2.75) is 31.7 Å². The topological polar surface area (TPSA) is 52.2 Å². The number of fused-ring (bicyclic) bond motifs is 4. The van der Waals surface area contributed by atoms with Crippen molar-refractivity contribution < 1.29 is 4.79 Å². The van der Waals surface area contributed by atoms with Crippen molar-refractivity contribution in [3.05, 3.63) is 30.0 Å². The Morgan fingerprint density at radius 1 is 1.21 bits per heavy atom. The van der Waals surface area contributed by atoms with E-state index in [0.29, 0.717) is 23.6 Å². The van der Waals surface area contributed by atoms with Crippen LogP contribution in [0.15, 0.2) is 24.3 Å². The lowest BCUT2D eigenvalue weighted by molar-refractivity contribution is 0.00577. The summed E-state index contributed by atoms with van der Waals surface area (Å²) >= 11 is 0. The summed E-state index contributed by atoms with van der Waals surface area (Å²) in [6.45, 7) is 4.37. The predicted molar refractivity (Wildman–Crippen MR) is 92.8 cm³/mol. The Morgan fingerprint density at radius 2 is 2.00 bits per heavy atom. The van der Waals surface area contributed by atoms with Crippen LogP contribution in [0.1, 0.15) is 36.2 Å². The van der Waals surface area contributed by atoms with E-state index in [1.807, 2.05) is 24.3 Å². The predicted octanol–water partition coefficient (Wildman–Crippen LogP) is 2.51. The first-order chi connectivity index (χ1) is 11.8. The molecule has 5 nitrogen and oxygen atoms in total. The second-order valence-electron chi connectivity index (χ2n) is 7.72. The number of carbonyl (C=O) groups excluding carboxylic acids is 1. The number of rotatable bonds is 4. The van der Waals surface area contributed by atoms with E-state index < -0.39 is 0 Å². The summed E-state index contributed by atoms with van der Waals surface area (Å²) in [7, 11) is 0. The molecule has 0 spiro atoms. The van der Waals surface area contributed by atoms with Crippen molar-refractivity contribution in [1.29, 1.82) is 0 Å². The standard InChI is InChI=1S/C19H24N4O/c24-19(18-15-3-1-2-4-16(15)20-21-18)23(11-13-5-6-13)17-12-22-9-7-14(17)8-10-22/h1-4,13-14,17H,5-12H2,(H,20,21)/t17-/m1/s1. The SMILES string of the molecule is O=C(c1n[nH]c2ccccc12)N(CC1CC1)[C@@H]1CN2CCC1CC2. The molecule has 1 aromatic carbocycles. The van der Waals surface area contributed by atoms with Gasteiger partial charge in [0.1, 0.15) is 0 Å². The maximum atomic E-state index is 13.4. The third-order valence-corrected chi connectivity index (χ3v) is 6.11. The zero-order valence-electron chi connectivity index (χ0n) is 13.9. The molecule has 1 saturated carbocycles. The van der Waals surface area contributed by atoms with E-state index in [-0.39, 0.29) is 5.91 Å². The third-order valence-electron chi connectivity index (χ3n) is 6.11. The largest absolute Gasteiger partial charge is 0.332 e. The Labute approximate surface area is 142 Å². The molecule has 4 fully saturated rings. The molecule has 4 aliphatic rings. The van der Waals surface area contributed by atoms with E-state index in [9.17, 15) is 4.79 Å². The van der Waals surface area contributed by atoms with Gasteiger partial charge in [0.2, 0.25) is 0 Å². The van der Waals surface area contributed by atoms with Crippen LogP contribution in [0.2, 0.25) is 0 Å². The van der Waals surface area contributed by atoms with Crippen LogP contribution in [-0.4, -0.2) is 58.1 Å². The molecule has 126 valence electrons. The Balaban J connectivity index is 1.48. The highest BCUT2D eigenvalue weighted by atomic mass is 16.2. The molecule has 4 heterocycles. The molecule has 6 rings (SSSR count). The molecule has 24 heavy (non-hydrogen) atoms. The van der Waals surface area contributed by atoms with E-state index in [4.69, 9.17) is 0 Å². The van der Waals surface area contributed by atoms with Gasteiger partial charge in [-0.25, -0.2) is 0 Å². The van der Waals surface area contributed by atoms with Crippen molar-refractivity contribution in [1.82, 2.24) is 20.0 Å². The van der Waals surface area contributed by atoms with E-state index in [1.54, 1.807) is 0 Å². The molecule has 1 amide bonds. The van der Waals surface area contributed by atoms with Gasteiger partial charge in [-0.3, -0.25) is 9.89 Å². The lowest BCUT2D eigenvalue weighted by Crippen LogP contribution is -2.59. The number of aromatic amines is 1. The first-order valence-corrected chi connectivity index (χ1v) is 9.26. The summed E-state index contributed by atoms with van der Waals surface area (Å²) in [5.74, 6) is 1.50. The summed E-state index contributed by atoms with van der Waals surface area (Å²) in [6.07, 6.45) is 5.01. The number of para-hydroxylation sites is 1. The van der Waals surface area contributed by atoms with Gasteiger partial charge < -0.3 is 9.80 Å².